The molecule has 1 unspecified atom stereocenters. The molecule has 28 heavy (non-hydrogen) atoms. The van der Waals surface area contributed by atoms with Crippen molar-refractivity contribution in [1.29, 1.82) is 0 Å². The van der Waals surface area contributed by atoms with Crippen LogP contribution in [0.15, 0.2) is 28.8 Å². The van der Waals surface area contributed by atoms with Crippen LogP contribution in [0.4, 0.5) is 9.18 Å². The fourth-order valence-corrected chi connectivity index (χ4v) is 3.47. The number of urea groups is 1. The predicted octanol–water partition coefficient (Wildman–Crippen LogP) is 1.18. The molecule has 0 aliphatic carbocycles. The monoisotopic (exact) mass is 387 g/mol. The molecule has 2 atom stereocenters. The van der Waals surface area contributed by atoms with Crippen LogP contribution in [0.3, 0.4) is 0 Å². The average Bonchev–Trinajstić information content (AvgIpc) is 3.17. The molecule has 2 fully saturated rings. The number of rotatable bonds is 3. The first-order chi connectivity index (χ1) is 13.5. The van der Waals surface area contributed by atoms with Crippen molar-refractivity contribution in [2.45, 2.75) is 31.2 Å². The number of carbonyl (C=O) groups excluding carboxylic acids is 3. The SMILES string of the molecule is O=C1C[C@@H](C(=O)N2CCCC(c3nc(-c4ccc(F)cc4)no3)C2)NC(=O)N1. The van der Waals surface area contributed by atoms with Gasteiger partial charge in [0.25, 0.3) is 0 Å². The van der Waals surface area contributed by atoms with Gasteiger partial charge in [-0.2, -0.15) is 4.98 Å². The summed E-state index contributed by atoms with van der Waals surface area (Å²) in [5.41, 5.74) is 0.635. The fourth-order valence-electron chi connectivity index (χ4n) is 3.47. The standard InChI is InChI=1S/C18H18FN5O4/c19-12-5-3-10(4-6-12)15-22-16(28-23-15)11-2-1-7-24(9-11)17(26)13-8-14(25)21-18(27)20-13/h3-6,11,13H,1-2,7-9H2,(H2,20,21,25,27)/t11?,13-/m0/s1. The topological polar surface area (TPSA) is 117 Å². The average molecular weight is 387 g/mol. The van der Waals surface area contributed by atoms with Crippen LogP contribution < -0.4 is 10.6 Å². The molecule has 146 valence electrons. The number of imide groups is 1. The van der Waals surface area contributed by atoms with E-state index in [9.17, 15) is 18.8 Å². The van der Waals surface area contributed by atoms with Gasteiger partial charge in [-0.25, -0.2) is 9.18 Å². The van der Waals surface area contributed by atoms with Crippen LogP contribution >= 0.6 is 0 Å². The van der Waals surface area contributed by atoms with Crippen molar-refractivity contribution in [3.05, 3.63) is 36.0 Å². The lowest BCUT2D eigenvalue weighted by atomic mass is 9.96. The van der Waals surface area contributed by atoms with Crippen molar-refractivity contribution < 1.29 is 23.3 Å². The predicted molar refractivity (Wildman–Crippen MR) is 93.3 cm³/mol. The molecule has 9 nitrogen and oxygen atoms in total. The number of nitrogens with zero attached hydrogens (tertiary/aromatic N) is 3. The Bertz CT molecular complexity index is 897. The molecule has 1 aromatic carbocycles. The first-order valence-electron chi connectivity index (χ1n) is 8.98. The third-order valence-electron chi connectivity index (χ3n) is 4.87. The zero-order valence-electron chi connectivity index (χ0n) is 14.9. The van der Waals surface area contributed by atoms with Gasteiger partial charge in [0.05, 0.1) is 12.3 Å². The zero-order valence-corrected chi connectivity index (χ0v) is 14.9. The Labute approximate surface area is 159 Å². The Morgan fingerprint density at radius 1 is 1.25 bits per heavy atom. The lowest BCUT2D eigenvalue weighted by Crippen LogP contribution is -2.59. The van der Waals surface area contributed by atoms with Gasteiger partial charge in [0, 0.05) is 18.7 Å². The van der Waals surface area contributed by atoms with Gasteiger partial charge in [0.15, 0.2) is 0 Å². The molecule has 4 amide bonds. The second-order valence-corrected chi connectivity index (χ2v) is 6.86. The van der Waals surface area contributed by atoms with Crippen LogP contribution in [0.5, 0.6) is 0 Å². The second-order valence-electron chi connectivity index (χ2n) is 6.86. The second kappa shape index (κ2) is 7.37. The van der Waals surface area contributed by atoms with Crippen LogP contribution in [-0.4, -0.2) is 52.0 Å². The summed E-state index contributed by atoms with van der Waals surface area (Å²) < 4.78 is 18.4. The van der Waals surface area contributed by atoms with Gasteiger partial charge in [0.2, 0.25) is 23.5 Å². The number of benzene rings is 1. The minimum atomic E-state index is -0.863. The summed E-state index contributed by atoms with van der Waals surface area (Å²) in [7, 11) is 0. The lowest BCUT2D eigenvalue weighted by molar-refractivity contribution is -0.137. The maximum Gasteiger partial charge on any atom is 0.322 e. The van der Waals surface area contributed by atoms with Gasteiger partial charge in [-0.15, -0.1) is 0 Å². The first-order valence-corrected chi connectivity index (χ1v) is 8.98. The Hall–Kier alpha value is -3.30. The van der Waals surface area contributed by atoms with E-state index in [1.54, 1.807) is 17.0 Å². The third kappa shape index (κ3) is 3.71. The highest BCUT2D eigenvalue weighted by Crippen LogP contribution is 2.28. The third-order valence-corrected chi connectivity index (χ3v) is 4.87. The van der Waals surface area contributed by atoms with Crippen molar-refractivity contribution in [3.63, 3.8) is 0 Å². The van der Waals surface area contributed by atoms with Crippen LogP contribution in [0, 0.1) is 5.82 Å². The molecule has 0 bridgehead atoms. The van der Waals surface area contributed by atoms with Crippen molar-refractivity contribution in [2.75, 3.05) is 13.1 Å². The summed E-state index contributed by atoms with van der Waals surface area (Å²) in [6.07, 6.45) is 1.42. The number of likely N-dealkylation sites (tertiary alicyclic amines) is 1. The van der Waals surface area contributed by atoms with Crippen molar-refractivity contribution in [3.8, 4) is 11.4 Å². The van der Waals surface area contributed by atoms with Gasteiger partial charge in [0.1, 0.15) is 11.9 Å². The van der Waals surface area contributed by atoms with Gasteiger partial charge in [-0.3, -0.25) is 14.9 Å². The molecule has 0 radical (unpaired) electrons. The van der Waals surface area contributed by atoms with E-state index in [0.717, 1.165) is 12.8 Å². The van der Waals surface area contributed by atoms with Gasteiger partial charge < -0.3 is 14.7 Å². The van der Waals surface area contributed by atoms with Crippen LogP contribution in [0.25, 0.3) is 11.4 Å². The molecule has 0 spiro atoms. The molecular formula is C18H18FN5O4. The quantitative estimate of drug-likeness (QED) is 0.817. The number of hydrogen-bond donors (Lipinski definition) is 2. The molecule has 10 heteroatoms. The minimum absolute atomic E-state index is 0.0823. The van der Waals surface area contributed by atoms with Crippen LogP contribution in [-0.2, 0) is 9.59 Å². The number of carbonyl (C=O) groups is 3. The highest BCUT2D eigenvalue weighted by atomic mass is 19.1. The molecule has 4 rings (SSSR count). The molecule has 0 saturated carbocycles. The number of hydrogen-bond acceptors (Lipinski definition) is 6. The maximum absolute atomic E-state index is 13.1. The highest BCUT2D eigenvalue weighted by Gasteiger charge is 2.35. The number of amides is 4. The normalized spacial score (nSPS) is 22.5. The summed E-state index contributed by atoms with van der Waals surface area (Å²) in [5, 5.41) is 8.54. The van der Waals surface area contributed by atoms with Gasteiger partial charge >= 0.3 is 6.03 Å². The molecular weight excluding hydrogens is 369 g/mol. The summed E-state index contributed by atoms with van der Waals surface area (Å²) >= 11 is 0. The minimum Gasteiger partial charge on any atom is -0.340 e. The molecule has 2 aromatic rings. The summed E-state index contributed by atoms with van der Waals surface area (Å²) in [6.45, 7) is 0.889. The number of piperidine rings is 1. The number of aromatic nitrogens is 2. The molecule has 3 heterocycles. The van der Waals surface area contributed by atoms with Crippen molar-refractivity contribution in [2.24, 2.45) is 0 Å². The van der Waals surface area contributed by atoms with E-state index in [-0.39, 0.29) is 24.1 Å². The van der Waals surface area contributed by atoms with Crippen molar-refractivity contribution in [1.82, 2.24) is 25.7 Å². The Morgan fingerprint density at radius 2 is 2.04 bits per heavy atom. The molecule has 2 aliphatic rings. The molecule has 2 aliphatic heterocycles. The van der Waals surface area contributed by atoms with Gasteiger partial charge in [-0.1, -0.05) is 5.16 Å². The number of halogens is 1. The highest BCUT2D eigenvalue weighted by molar-refractivity contribution is 6.02. The van der Waals surface area contributed by atoms with E-state index >= 15 is 0 Å². The van der Waals surface area contributed by atoms with E-state index in [0.29, 0.717) is 30.4 Å². The lowest BCUT2D eigenvalue weighted by Gasteiger charge is -2.34. The van der Waals surface area contributed by atoms with E-state index in [4.69, 9.17) is 4.52 Å². The molecule has 1 aromatic heterocycles. The van der Waals surface area contributed by atoms with Gasteiger partial charge in [-0.05, 0) is 37.1 Å². The summed E-state index contributed by atoms with van der Waals surface area (Å²) in [5.74, 6) is -0.510. The molecule has 2 saturated heterocycles. The van der Waals surface area contributed by atoms with E-state index < -0.39 is 18.0 Å². The van der Waals surface area contributed by atoms with Crippen molar-refractivity contribution >= 4 is 17.8 Å². The summed E-state index contributed by atoms with van der Waals surface area (Å²) in [4.78, 5) is 41.7. The van der Waals surface area contributed by atoms with E-state index in [2.05, 4.69) is 20.8 Å². The Kier molecular flexibility index (Phi) is 4.76. The van der Waals surface area contributed by atoms with Crippen LogP contribution in [0.2, 0.25) is 0 Å². The first kappa shape index (κ1) is 18.1. The Morgan fingerprint density at radius 3 is 2.79 bits per heavy atom. The number of nitrogens with one attached hydrogen (secondary N) is 2. The van der Waals surface area contributed by atoms with E-state index in [1.165, 1.54) is 12.1 Å². The smallest absolute Gasteiger partial charge is 0.322 e. The Balaban J connectivity index is 1.45. The largest absolute Gasteiger partial charge is 0.340 e. The molecule has 2 N–H and O–H groups in total. The van der Waals surface area contributed by atoms with E-state index in [1.807, 2.05) is 0 Å². The maximum atomic E-state index is 13.1. The van der Waals surface area contributed by atoms with Crippen LogP contribution in [0.1, 0.15) is 31.1 Å². The summed E-state index contributed by atoms with van der Waals surface area (Å²) in [6, 6.07) is 4.25. The zero-order chi connectivity index (χ0) is 19.7. The fraction of sp³-hybridized carbons (Fsp3) is 0.389.